The van der Waals surface area contributed by atoms with Crippen molar-refractivity contribution >= 4 is 0 Å². The number of benzene rings is 1. The fraction of sp³-hybridized carbons (Fsp3) is 0.647. The van der Waals surface area contributed by atoms with E-state index in [0.717, 1.165) is 19.0 Å². The maximum atomic E-state index is 3.22. The molecule has 0 aromatic heterocycles. The van der Waals surface area contributed by atoms with Crippen LogP contribution in [0.15, 0.2) is 24.3 Å². The third kappa shape index (κ3) is 4.05. The molecule has 0 spiro atoms. The van der Waals surface area contributed by atoms with Gasteiger partial charge in [0.15, 0.2) is 0 Å². The predicted octanol–water partition coefficient (Wildman–Crippen LogP) is 1.93. The van der Waals surface area contributed by atoms with Gasteiger partial charge in [-0.1, -0.05) is 24.3 Å². The van der Waals surface area contributed by atoms with E-state index in [0.29, 0.717) is 0 Å². The number of nitrogens with one attached hydrogen (secondary N) is 1. The van der Waals surface area contributed by atoms with Gasteiger partial charge in [0.1, 0.15) is 0 Å². The van der Waals surface area contributed by atoms with Crippen LogP contribution in [0.25, 0.3) is 0 Å². The zero-order chi connectivity index (χ0) is 13.8. The first kappa shape index (κ1) is 14.1. The van der Waals surface area contributed by atoms with Crippen molar-refractivity contribution in [3.8, 4) is 0 Å². The summed E-state index contributed by atoms with van der Waals surface area (Å²) in [4.78, 5) is 5.26. The summed E-state index contributed by atoms with van der Waals surface area (Å²) in [7, 11) is 2.01. The number of rotatable bonds is 6. The zero-order valence-electron chi connectivity index (χ0n) is 12.6. The molecular weight excluding hydrogens is 246 g/mol. The standard InChI is InChI=1S/C17H27N3/c1-18-12-16-3-2-4-17(11-16)14-20-9-7-19(8-10-20)13-15-5-6-15/h2-4,11,15,18H,5-10,12-14H2,1H3. The lowest BCUT2D eigenvalue weighted by atomic mass is 10.1. The molecule has 1 N–H and O–H groups in total. The van der Waals surface area contributed by atoms with E-state index in [1.807, 2.05) is 7.05 Å². The quantitative estimate of drug-likeness (QED) is 0.854. The van der Waals surface area contributed by atoms with E-state index >= 15 is 0 Å². The molecule has 1 saturated carbocycles. The van der Waals surface area contributed by atoms with E-state index in [2.05, 4.69) is 39.4 Å². The van der Waals surface area contributed by atoms with Crippen molar-refractivity contribution in [2.45, 2.75) is 25.9 Å². The molecule has 0 unspecified atom stereocenters. The maximum absolute atomic E-state index is 3.22. The molecule has 1 aromatic rings. The Balaban J connectivity index is 1.47. The number of hydrogen-bond donors (Lipinski definition) is 1. The van der Waals surface area contributed by atoms with Gasteiger partial charge in [0.25, 0.3) is 0 Å². The summed E-state index contributed by atoms with van der Waals surface area (Å²) in [5, 5.41) is 3.22. The lowest BCUT2D eigenvalue weighted by Crippen LogP contribution is -2.46. The third-order valence-corrected chi connectivity index (χ3v) is 4.46. The van der Waals surface area contributed by atoms with E-state index in [1.165, 1.54) is 56.7 Å². The van der Waals surface area contributed by atoms with Crippen LogP contribution in [0.1, 0.15) is 24.0 Å². The number of hydrogen-bond acceptors (Lipinski definition) is 3. The Hall–Kier alpha value is -0.900. The van der Waals surface area contributed by atoms with E-state index in [-0.39, 0.29) is 0 Å². The second-order valence-electron chi connectivity index (χ2n) is 6.37. The van der Waals surface area contributed by atoms with E-state index in [9.17, 15) is 0 Å². The largest absolute Gasteiger partial charge is 0.316 e. The Bertz CT molecular complexity index is 420. The van der Waals surface area contributed by atoms with Gasteiger partial charge in [-0.3, -0.25) is 4.90 Å². The highest BCUT2D eigenvalue weighted by atomic mass is 15.3. The topological polar surface area (TPSA) is 18.5 Å². The molecule has 0 radical (unpaired) electrons. The molecule has 3 rings (SSSR count). The van der Waals surface area contributed by atoms with Crippen molar-refractivity contribution in [3.63, 3.8) is 0 Å². The summed E-state index contributed by atoms with van der Waals surface area (Å²) >= 11 is 0. The molecule has 0 amide bonds. The molecule has 3 heteroatoms. The average molecular weight is 273 g/mol. The van der Waals surface area contributed by atoms with E-state index in [4.69, 9.17) is 0 Å². The fourth-order valence-electron chi connectivity index (χ4n) is 3.10. The van der Waals surface area contributed by atoms with Crippen LogP contribution in [0, 0.1) is 5.92 Å². The maximum Gasteiger partial charge on any atom is 0.0234 e. The Kier molecular flexibility index (Phi) is 4.71. The molecule has 1 aliphatic heterocycles. The minimum absolute atomic E-state index is 0.961. The second-order valence-corrected chi connectivity index (χ2v) is 6.37. The van der Waals surface area contributed by atoms with Crippen LogP contribution in [0.2, 0.25) is 0 Å². The van der Waals surface area contributed by atoms with Crippen molar-refractivity contribution in [2.75, 3.05) is 39.8 Å². The molecule has 1 aliphatic carbocycles. The van der Waals surface area contributed by atoms with Gasteiger partial charge < -0.3 is 10.2 Å². The Morgan fingerprint density at radius 2 is 1.75 bits per heavy atom. The smallest absolute Gasteiger partial charge is 0.0234 e. The minimum atomic E-state index is 0.961. The van der Waals surface area contributed by atoms with Gasteiger partial charge >= 0.3 is 0 Å². The monoisotopic (exact) mass is 273 g/mol. The average Bonchev–Trinajstić information content (AvgIpc) is 3.26. The van der Waals surface area contributed by atoms with Crippen molar-refractivity contribution in [3.05, 3.63) is 35.4 Å². The summed E-state index contributed by atoms with van der Waals surface area (Å²) in [6, 6.07) is 8.99. The summed E-state index contributed by atoms with van der Waals surface area (Å²) in [5.74, 6) is 1.03. The first-order valence-corrected chi connectivity index (χ1v) is 8.00. The first-order valence-electron chi connectivity index (χ1n) is 8.00. The molecule has 1 aromatic carbocycles. The van der Waals surface area contributed by atoms with Gasteiger partial charge in [-0.05, 0) is 36.9 Å². The lowest BCUT2D eigenvalue weighted by Gasteiger charge is -2.34. The molecule has 110 valence electrons. The highest BCUT2D eigenvalue weighted by Crippen LogP contribution is 2.29. The molecule has 0 bridgehead atoms. The van der Waals surface area contributed by atoms with E-state index in [1.54, 1.807) is 0 Å². The molecule has 1 heterocycles. The SMILES string of the molecule is CNCc1cccc(CN2CCN(CC3CC3)CC2)c1. The van der Waals surface area contributed by atoms with Crippen LogP contribution in [0.3, 0.4) is 0 Å². The van der Waals surface area contributed by atoms with Crippen LogP contribution in [0.4, 0.5) is 0 Å². The first-order chi connectivity index (χ1) is 9.83. The second kappa shape index (κ2) is 6.70. The highest BCUT2D eigenvalue weighted by Gasteiger charge is 2.26. The molecule has 20 heavy (non-hydrogen) atoms. The predicted molar refractivity (Wildman–Crippen MR) is 83.6 cm³/mol. The molecular formula is C17H27N3. The summed E-state index contributed by atoms with van der Waals surface area (Å²) < 4.78 is 0. The van der Waals surface area contributed by atoms with E-state index < -0.39 is 0 Å². The highest BCUT2D eigenvalue weighted by molar-refractivity contribution is 5.23. The molecule has 0 atom stereocenters. The third-order valence-electron chi connectivity index (χ3n) is 4.46. The van der Waals surface area contributed by atoms with Crippen LogP contribution >= 0.6 is 0 Å². The van der Waals surface area contributed by atoms with Crippen molar-refractivity contribution < 1.29 is 0 Å². The van der Waals surface area contributed by atoms with Crippen LogP contribution < -0.4 is 5.32 Å². The minimum Gasteiger partial charge on any atom is -0.316 e. The van der Waals surface area contributed by atoms with Crippen molar-refractivity contribution in [1.29, 1.82) is 0 Å². The Morgan fingerprint density at radius 3 is 2.45 bits per heavy atom. The van der Waals surface area contributed by atoms with Gasteiger partial charge in [-0.25, -0.2) is 0 Å². The normalized spacial score (nSPS) is 21.2. The van der Waals surface area contributed by atoms with Gasteiger partial charge in [0.05, 0.1) is 0 Å². The number of piperazine rings is 1. The zero-order valence-corrected chi connectivity index (χ0v) is 12.6. The summed E-state index contributed by atoms with van der Waals surface area (Å²) in [6.45, 7) is 8.38. The Labute approximate surface area is 123 Å². The lowest BCUT2D eigenvalue weighted by molar-refractivity contribution is 0.123. The van der Waals surface area contributed by atoms with Gasteiger partial charge in [-0.15, -0.1) is 0 Å². The van der Waals surface area contributed by atoms with Crippen LogP contribution in [-0.4, -0.2) is 49.6 Å². The summed E-state index contributed by atoms with van der Waals surface area (Å²) in [5.41, 5.74) is 2.84. The molecule has 3 nitrogen and oxygen atoms in total. The fourth-order valence-corrected chi connectivity index (χ4v) is 3.10. The molecule has 2 aliphatic rings. The summed E-state index contributed by atoms with van der Waals surface area (Å²) in [6.07, 6.45) is 2.94. The molecule has 2 fully saturated rings. The van der Waals surface area contributed by atoms with Crippen molar-refractivity contribution in [2.24, 2.45) is 5.92 Å². The molecule has 1 saturated heterocycles. The van der Waals surface area contributed by atoms with Gasteiger partial charge in [0, 0.05) is 45.8 Å². The van der Waals surface area contributed by atoms with Crippen LogP contribution in [0.5, 0.6) is 0 Å². The number of nitrogens with zero attached hydrogens (tertiary/aromatic N) is 2. The van der Waals surface area contributed by atoms with Gasteiger partial charge in [-0.2, -0.15) is 0 Å². The Morgan fingerprint density at radius 1 is 1.05 bits per heavy atom. The van der Waals surface area contributed by atoms with Crippen molar-refractivity contribution in [1.82, 2.24) is 15.1 Å². The van der Waals surface area contributed by atoms with Crippen LogP contribution in [-0.2, 0) is 13.1 Å². The van der Waals surface area contributed by atoms with Gasteiger partial charge in [0.2, 0.25) is 0 Å².